The first-order valence-corrected chi connectivity index (χ1v) is 7.82. The minimum absolute atomic E-state index is 0. The molecule has 3 N–H and O–H groups in total. The Balaban J connectivity index is 0.00000264. The van der Waals surface area contributed by atoms with Crippen LogP contribution in [0.1, 0.15) is 39.7 Å². The number of rotatable bonds is 6. The molecule has 23 heavy (non-hydrogen) atoms. The Labute approximate surface area is 156 Å². The molecule has 6 heteroatoms. The van der Waals surface area contributed by atoms with Crippen LogP contribution >= 0.6 is 24.0 Å². The monoisotopic (exact) mass is 433 g/mol. The second-order valence-corrected chi connectivity index (χ2v) is 6.76. The van der Waals surface area contributed by atoms with E-state index < -0.39 is 0 Å². The highest BCUT2D eigenvalue weighted by molar-refractivity contribution is 14.0. The van der Waals surface area contributed by atoms with Gasteiger partial charge in [0.25, 0.3) is 0 Å². The molecule has 0 radical (unpaired) electrons. The van der Waals surface area contributed by atoms with Gasteiger partial charge >= 0.3 is 0 Å². The lowest BCUT2D eigenvalue weighted by Gasteiger charge is -2.23. The number of hydrogen-bond acceptors (Lipinski definition) is 3. The summed E-state index contributed by atoms with van der Waals surface area (Å²) in [6.07, 6.45) is 1.09. The quantitative estimate of drug-likeness (QED) is 0.411. The van der Waals surface area contributed by atoms with Crippen molar-refractivity contribution in [3.8, 4) is 11.5 Å². The highest BCUT2D eigenvalue weighted by Crippen LogP contribution is 2.36. The van der Waals surface area contributed by atoms with Gasteiger partial charge in [-0.3, -0.25) is 4.99 Å². The summed E-state index contributed by atoms with van der Waals surface area (Å²) in [6, 6.07) is 6.04. The lowest BCUT2D eigenvalue weighted by molar-refractivity contribution is 0.174. The molecule has 2 rings (SSSR count). The van der Waals surface area contributed by atoms with Crippen LogP contribution in [-0.4, -0.2) is 25.8 Å². The largest absolute Gasteiger partial charge is 0.454 e. The van der Waals surface area contributed by atoms with Crippen molar-refractivity contribution in [1.82, 2.24) is 5.32 Å². The molecule has 0 atom stereocenters. The molecule has 5 nitrogen and oxygen atoms in total. The van der Waals surface area contributed by atoms with E-state index in [-0.39, 0.29) is 29.4 Å². The van der Waals surface area contributed by atoms with Crippen LogP contribution in [0.3, 0.4) is 0 Å². The molecule has 1 aromatic rings. The van der Waals surface area contributed by atoms with Crippen LogP contribution in [0, 0.1) is 5.92 Å². The molecule has 1 aliphatic rings. The molecule has 0 unspecified atom stereocenters. The van der Waals surface area contributed by atoms with Crippen LogP contribution in [0.4, 0.5) is 0 Å². The number of fused-ring (bicyclic) bond motifs is 1. The van der Waals surface area contributed by atoms with Gasteiger partial charge in [-0.1, -0.05) is 33.8 Å². The molecule has 1 aliphatic heterocycles. The van der Waals surface area contributed by atoms with Crippen LogP contribution in [0.2, 0.25) is 0 Å². The number of halogens is 1. The molecule has 130 valence electrons. The number of nitrogens with zero attached hydrogens (tertiary/aromatic N) is 1. The van der Waals surface area contributed by atoms with Crippen LogP contribution < -0.4 is 20.5 Å². The summed E-state index contributed by atoms with van der Waals surface area (Å²) in [5.74, 6) is 2.77. The van der Waals surface area contributed by atoms with Gasteiger partial charge in [0.1, 0.15) is 0 Å². The number of hydrogen-bond donors (Lipinski definition) is 2. The Hall–Kier alpha value is -1.18. The van der Waals surface area contributed by atoms with E-state index >= 15 is 0 Å². The van der Waals surface area contributed by atoms with Crippen molar-refractivity contribution in [1.29, 1.82) is 0 Å². The van der Waals surface area contributed by atoms with Crippen LogP contribution in [-0.2, 0) is 5.41 Å². The van der Waals surface area contributed by atoms with Gasteiger partial charge in [0.05, 0.1) is 6.54 Å². The van der Waals surface area contributed by atoms with Gasteiger partial charge in [0.2, 0.25) is 6.79 Å². The molecular formula is C17H28IN3O2. The van der Waals surface area contributed by atoms with E-state index in [9.17, 15) is 0 Å². The number of ether oxygens (including phenoxy) is 2. The fourth-order valence-corrected chi connectivity index (χ4v) is 2.24. The summed E-state index contributed by atoms with van der Waals surface area (Å²) in [4.78, 5) is 4.47. The Bertz CT molecular complexity index is 545. The Morgan fingerprint density at radius 1 is 1.30 bits per heavy atom. The topological polar surface area (TPSA) is 68.9 Å². The van der Waals surface area contributed by atoms with E-state index in [1.807, 2.05) is 12.1 Å². The third kappa shape index (κ3) is 5.75. The molecule has 0 saturated heterocycles. The Morgan fingerprint density at radius 3 is 2.70 bits per heavy atom. The lowest BCUT2D eigenvalue weighted by Crippen LogP contribution is -2.34. The number of benzene rings is 1. The van der Waals surface area contributed by atoms with Gasteiger partial charge in [-0.2, -0.15) is 0 Å². The Morgan fingerprint density at radius 2 is 2.00 bits per heavy atom. The fraction of sp³-hybridized carbons (Fsp3) is 0.588. The van der Waals surface area contributed by atoms with E-state index in [1.54, 1.807) is 0 Å². The second-order valence-electron chi connectivity index (χ2n) is 6.76. The van der Waals surface area contributed by atoms with Crippen molar-refractivity contribution >= 4 is 29.9 Å². The standard InChI is InChI=1S/C17H27N3O2.HI/c1-12(2)7-8-19-16(18)20-10-17(3,4)13-5-6-14-15(9-13)22-11-21-14;/h5-6,9,12H,7-8,10-11H2,1-4H3,(H3,18,19,20);1H. The molecule has 0 spiro atoms. The van der Waals surface area contributed by atoms with Gasteiger partial charge in [0.15, 0.2) is 17.5 Å². The van der Waals surface area contributed by atoms with Crippen LogP contribution in [0.25, 0.3) is 0 Å². The van der Waals surface area contributed by atoms with Gasteiger partial charge in [-0.25, -0.2) is 0 Å². The zero-order chi connectivity index (χ0) is 16.2. The van der Waals surface area contributed by atoms with Gasteiger partial charge < -0.3 is 20.5 Å². The van der Waals surface area contributed by atoms with Crippen LogP contribution in [0.5, 0.6) is 11.5 Å². The summed E-state index contributed by atoms with van der Waals surface area (Å²) in [7, 11) is 0. The maximum atomic E-state index is 5.93. The summed E-state index contributed by atoms with van der Waals surface area (Å²) >= 11 is 0. The molecular weight excluding hydrogens is 405 g/mol. The maximum Gasteiger partial charge on any atom is 0.231 e. The summed E-state index contributed by atoms with van der Waals surface area (Å²) in [5, 5.41) is 3.16. The molecule has 1 heterocycles. The average molecular weight is 433 g/mol. The normalized spacial score (nSPS) is 13.9. The third-order valence-electron chi connectivity index (χ3n) is 3.83. The highest BCUT2D eigenvalue weighted by Gasteiger charge is 2.23. The van der Waals surface area contributed by atoms with E-state index in [0.29, 0.717) is 25.2 Å². The average Bonchev–Trinajstić information content (AvgIpc) is 2.92. The minimum atomic E-state index is -0.120. The van der Waals surface area contributed by atoms with Crippen molar-refractivity contribution in [3.05, 3.63) is 23.8 Å². The first kappa shape index (κ1) is 19.9. The van der Waals surface area contributed by atoms with Crippen molar-refractivity contribution in [2.75, 3.05) is 19.9 Å². The van der Waals surface area contributed by atoms with Gasteiger partial charge in [-0.15, -0.1) is 24.0 Å². The van der Waals surface area contributed by atoms with Crippen molar-refractivity contribution in [2.24, 2.45) is 16.6 Å². The van der Waals surface area contributed by atoms with Crippen molar-refractivity contribution in [2.45, 2.75) is 39.5 Å². The number of aliphatic imine (C=N–C) groups is 1. The molecule has 0 aromatic heterocycles. The first-order chi connectivity index (χ1) is 10.4. The predicted octanol–water partition coefficient (Wildman–Crippen LogP) is 3.26. The maximum absolute atomic E-state index is 5.93. The van der Waals surface area contributed by atoms with E-state index in [4.69, 9.17) is 15.2 Å². The molecule has 0 aliphatic carbocycles. The summed E-state index contributed by atoms with van der Waals surface area (Å²) in [5.41, 5.74) is 6.97. The number of guanidine groups is 1. The fourth-order valence-electron chi connectivity index (χ4n) is 2.24. The predicted molar refractivity (Wildman–Crippen MR) is 105 cm³/mol. The summed E-state index contributed by atoms with van der Waals surface area (Å²) in [6.45, 7) is 10.5. The summed E-state index contributed by atoms with van der Waals surface area (Å²) < 4.78 is 10.8. The van der Waals surface area contributed by atoms with Crippen molar-refractivity contribution in [3.63, 3.8) is 0 Å². The molecule has 0 amide bonds. The van der Waals surface area contributed by atoms with E-state index in [0.717, 1.165) is 30.0 Å². The van der Waals surface area contributed by atoms with Gasteiger partial charge in [-0.05, 0) is 30.0 Å². The van der Waals surface area contributed by atoms with Gasteiger partial charge in [0, 0.05) is 12.0 Å². The zero-order valence-corrected chi connectivity index (χ0v) is 16.7. The van der Waals surface area contributed by atoms with Crippen LogP contribution in [0.15, 0.2) is 23.2 Å². The third-order valence-corrected chi connectivity index (χ3v) is 3.83. The number of nitrogens with one attached hydrogen (secondary N) is 1. The molecule has 0 fully saturated rings. The van der Waals surface area contributed by atoms with Crippen molar-refractivity contribution < 1.29 is 9.47 Å². The Kier molecular flexibility index (Phi) is 7.44. The smallest absolute Gasteiger partial charge is 0.231 e. The van der Waals surface area contributed by atoms with E-state index in [2.05, 4.69) is 44.1 Å². The minimum Gasteiger partial charge on any atom is -0.454 e. The SMILES string of the molecule is CC(C)CCNC(N)=NCC(C)(C)c1ccc2c(c1)OCO2.I. The molecule has 0 saturated carbocycles. The first-order valence-electron chi connectivity index (χ1n) is 7.82. The highest BCUT2D eigenvalue weighted by atomic mass is 127. The number of nitrogens with two attached hydrogens (primary N) is 1. The van der Waals surface area contributed by atoms with E-state index in [1.165, 1.54) is 0 Å². The lowest BCUT2D eigenvalue weighted by atomic mass is 9.84. The second kappa shape index (κ2) is 8.61. The molecule has 0 bridgehead atoms. The molecule has 1 aromatic carbocycles. The zero-order valence-electron chi connectivity index (χ0n) is 14.4.